The highest BCUT2D eigenvalue weighted by Gasteiger charge is 1.96. The van der Waals surface area contributed by atoms with Crippen LogP contribution in [0.15, 0.2) is 59.9 Å². The zero-order chi connectivity index (χ0) is 11.2. The minimum absolute atomic E-state index is 0.525. The van der Waals surface area contributed by atoms with E-state index in [1.54, 1.807) is 12.4 Å². The zero-order valence-electron chi connectivity index (χ0n) is 8.88. The van der Waals surface area contributed by atoms with Crippen LogP contribution in [0.3, 0.4) is 0 Å². The molecule has 2 N–H and O–H groups in total. The van der Waals surface area contributed by atoms with Gasteiger partial charge in [0.1, 0.15) is 5.84 Å². The van der Waals surface area contributed by atoms with Crippen molar-refractivity contribution < 1.29 is 0 Å². The Morgan fingerprint density at radius 3 is 2.62 bits per heavy atom. The van der Waals surface area contributed by atoms with Gasteiger partial charge in [0.25, 0.3) is 0 Å². The Hall–Kier alpha value is -2.16. The minimum Gasteiger partial charge on any atom is -0.383 e. The lowest BCUT2D eigenvalue weighted by Crippen LogP contribution is -2.13. The third kappa shape index (κ3) is 2.67. The van der Waals surface area contributed by atoms with E-state index in [0.717, 1.165) is 11.1 Å². The van der Waals surface area contributed by atoms with E-state index >= 15 is 0 Å². The van der Waals surface area contributed by atoms with E-state index in [2.05, 4.69) is 9.98 Å². The van der Waals surface area contributed by atoms with E-state index in [1.165, 1.54) is 0 Å². The number of rotatable bonds is 3. The van der Waals surface area contributed by atoms with Crippen LogP contribution in [0.25, 0.3) is 0 Å². The number of pyridine rings is 1. The van der Waals surface area contributed by atoms with Gasteiger partial charge in [-0.05, 0) is 17.7 Å². The molecular weight excluding hydrogens is 198 g/mol. The van der Waals surface area contributed by atoms with Gasteiger partial charge in [0.05, 0.1) is 6.54 Å². The second-order valence-electron chi connectivity index (χ2n) is 3.43. The molecule has 0 amide bonds. The molecule has 2 rings (SSSR count). The predicted octanol–water partition coefficient (Wildman–Crippen LogP) is 1.99. The highest BCUT2D eigenvalue weighted by Crippen LogP contribution is 2.02. The van der Waals surface area contributed by atoms with E-state index in [9.17, 15) is 0 Å². The summed E-state index contributed by atoms with van der Waals surface area (Å²) in [5.74, 6) is 0.525. The average molecular weight is 211 g/mol. The fraction of sp³-hybridized carbons (Fsp3) is 0.0769. The highest BCUT2D eigenvalue weighted by molar-refractivity contribution is 5.97. The minimum atomic E-state index is 0.525. The molecule has 0 radical (unpaired) electrons. The second-order valence-corrected chi connectivity index (χ2v) is 3.43. The zero-order valence-corrected chi connectivity index (χ0v) is 8.88. The molecule has 3 heteroatoms. The van der Waals surface area contributed by atoms with Crippen LogP contribution in [-0.4, -0.2) is 10.8 Å². The van der Waals surface area contributed by atoms with Crippen LogP contribution in [0.4, 0.5) is 0 Å². The van der Waals surface area contributed by atoms with Crippen molar-refractivity contribution in [1.29, 1.82) is 0 Å². The van der Waals surface area contributed by atoms with Crippen LogP contribution in [0.2, 0.25) is 0 Å². The number of nitrogens with zero attached hydrogens (tertiary/aromatic N) is 2. The van der Waals surface area contributed by atoms with Crippen molar-refractivity contribution in [2.45, 2.75) is 6.54 Å². The molecule has 0 atom stereocenters. The molecule has 0 unspecified atom stereocenters. The standard InChI is InChI=1S/C13H13N3/c14-13(12-7-4-8-15-10-12)16-9-11-5-2-1-3-6-11/h1-8,10H,9H2,(H2,14,16). The van der Waals surface area contributed by atoms with E-state index < -0.39 is 0 Å². The van der Waals surface area contributed by atoms with Gasteiger partial charge in [-0.1, -0.05) is 30.3 Å². The second kappa shape index (κ2) is 5.07. The molecule has 0 aliphatic rings. The van der Waals surface area contributed by atoms with Gasteiger partial charge in [0, 0.05) is 18.0 Å². The number of benzene rings is 1. The molecule has 16 heavy (non-hydrogen) atoms. The normalized spacial score (nSPS) is 11.4. The first kappa shape index (κ1) is 10.4. The molecular formula is C13H13N3. The Labute approximate surface area is 94.7 Å². The number of hydrogen-bond acceptors (Lipinski definition) is 2. The van der Waals surface area contributed by atoms with Crippen molar-refractivity contribution in [2.75, 3.05) is 0 Å². The Morgan fingerprint density at radius 2 is 1.94 bits per heavy atom. The Morgan fingerprint density at radius 1 is 1.12 bits per heavy atom. The fourth-order valence-electron chi connectivity index (χ4n) is 1.37. The summed E-state index contributed by atoms with van der Waals surface area (Å²) >= 11 is 0. The number of nitrogens with two attached hydrogens (primary N) is 1. The molecule has 0 saturated heterocycles. The summed E-state index contributed by atoms with van der Waals surface area (Å²) in [5.41, 5.74) is 7.86. The molecule has 2 aromatic rings. The summed E-state index contributed by atoms with van der Waals surface area (Å²) in [7, 11) is 0. The Bertz CT molecular complexity index is 463. The van der Waals surface area contributed by atoms with E-state index in [0.29, 0.717) is 12.4 Å². The highest BCUT2D eigenvalue weighted by atomic mass is 14.9. The lowest BCUT2D eigenvalue weighted by Gasteiger charge is -2.00. The van der Waals surface area contributed by atoms with Crippen LogP contribution in [0, 0.1) is 0 Å². The predicted molar refractivity (Wildman–Crippen MR) is 65.1 cm³/mol. The summed E-state index contributed by atoms with van der Waals surface area (Å²) in [4.78, 5) is 8.32. The monoisotopic (exact) mass is 211 g/mol. The molecule has 0 spiro atoms. The molecule has 0 bridgehead atoms. The fourth-order valence-corrected chi connectivity index (χ4v) is 1.37. The molecule has 1 aromatic heterocycles. The maximum absolute atomic E-state index is 5.85. The first-order valence-electron chi connectivity index (χ1n) is 5.10. The molecule has 1 heterocycles. The van der Waals surface area contributed by atoms with Crippen molar-refractivity contribution in [1.82, 2.24) is 4.98 Å². The van der Waals surface area contributed by atoms with Crippen LogP contribution in [-0.2, 0) is 6.54 Å². The van der Waals surface area contributed by atoms with Crippen molar-refractivity contribution >= 4 is 5.84 Å². The third-order valence-electron chi connectivity index (χ3n) is 2.23. The van der Waals surface area contributed by atoms with Gasteiger partial charge in [-0.25, -0.2) is 0 Å². The van der Waals surface area contributed by atoms with Crippen LogP contribution in [0.5, 0.6) is 0 Å². The smallest absolute Gasteiger partial charge is 0.127 e. The van der Waals surface area contributed by atoms with Gasteiger partial charge in [0.15, 0.2) is 0 Å². The number of hydrogen-bond donors (Lipinski definition) is 1. The summed E-state index contributed by atoms with van der Waals surface area (Å²) < 4.78 is 0. The van der Waals surface area contributed by atoms with Gasteiger partial charge in [-0.15, -0.1) is 0 Å². The summed E-state index contributed by atoms with van der Waals surface area (Å²) in [5, 5.41) is 0. The number of aliphatic imine (C=N–C) groups is 1. The number of aromatic nitrogens is 1. The molecule has 1 aromatic carbocycles. The van der Waals surface area contributed by atoms with Crippen molar-refractivity contribution in [3.63, 3.8) is 0 Å². The van der Waals surface area contributed by atoms with Gasteiger partial charge >= 0.3 is 0 Å². The summed E-state index contributed by atoms with van der Waals surface area (Å²) in [6.45, 7) is 0.599. The maximum atomic E-state index is 5.85. The summed E-state index contributed by atoms with van der Waals surface area (Å²) in [6.07, 6.45) is 3.43. The average Bonchev–Trinajstić information content (AvgIpc) is 2.38. The van der Waals surface area contributed by atoms with E-state index in [4.69, 9.17) is 5.73 Å². The molecule has 0 aliphatic carbocycles. The molecule has 80 valence electrons. The van der Waals surface area contributed by atoms with Gasteiger partial charge in [0.2, 0.25) is 0 Å². The quantitative estimate of drug-likeness (QED) is 0.623. The van der Waals surface area contributed by atoms with Crippen LogP contribution >= 0.6 is 0 Å². The largest absolute Gasteiger partial charge is 0.383 e. The molecule has 0 fully saturated rings. The van der Waals surface area contributed by atoms with Gasteiger partial charge in [-0.2, -0.15) is 0 Å². The van der Waals surface area contributed by atoms with Gasteiger partial charge < -0.3 is 5.73 Å². The topological polar surface area (TPSA) is 51.3 Å². The maximum Gasteiger partial charge on any atom is 0.127 e. The van der Waals surface area contributed by atoms with E-state index in [1.807, 2.05) is 42.5 Å². The lowest BCUT2D eigenvalue weighted by molar-refractivity contribution is 1.06. The lowest BCUT2D eigenvalue weighted by atomic mass is 10.2. The third-order valence-corrected chi connectivity index (χ3v) is 2.23. The molecule has 0 aliphatic heterocycles. The Balaban J connectivity index is 2.09. The number of amidine groups is 1. The van der Waals surface area contributed by atoms with Crippen LogP contribution < -0.4 is 5.73 Å². The SMILES string of the molecule is NC(=NCc1ccccc1)c1cccnc1. The molecule has 3 nitrogen and oxygen atoms in total. The molecule has 0 saturated carbocycles. The van der Waals surface area contributed by atoms with Crippen molar-refractivity contribution in [3.8, 4) is 0 Å². The first-order valence-corrected chi connectivity index (χ1v) is 5.10. The van der Waals surface area contributed by atoms with Crippen molar-refractivity contribution in [2.24, 2.45) is 10.7 Å². The van der Waals surface area contributed by atoms with Gasteiger partial charge in [-0.3, -0.25) is 9.98 Å². The van der Waals surface area contributed by atoms with E-state index in [-0.39, 0.29) is 0 Å². The van der Waals surface area contributed by atoms with Crippen molar-refractivity contribution in [3.05, 3.63) is 66.0 Å². The van der Waals surface area contributed by atoms with Crippen LogP contribution in [0.1, 0.15) is 11.1 Å². The summed E-state index contributed by atoms with van der Waals surface area (Å²) in [6, 6.07) is 13.8. The Kier molecular flexibility index (Phi) is 3.28. The first-order chi connectivity index (χ1) is 7.86.